The van der Waals surface area contributed by atoms with Gasteiger partial charge in [0.25, 0.3) is 0 Å². The maximum atomic E-state index is 11.9. The Labute approximate surface area is 102 Å². The summed E-state index contributed by atoms with van der Waals surface area (Å²) in [6.45, 7) is 6.06. The van der Waals surface area contributed by atoms with Crippen molar-refractivity contribution in [3.8, 4) is 0 Å². The van der Waals surface area contributed by atoms with Gasteiger partial charge in [0.15, 0.2) is 0 Å². The maximum absolute atomic E-state index is 11.9. The van der Waals surface area contributed by atoms with Crippen molar-refractivity contribution in [3.63, 3.8) is 0 Å². The highest BCUT2D eigenvalue weighted by Crippen LogP contribution is 2.21. The normalized spacial score (nSPS) is 26.7. The fraction of sp³-hybridized carbons (Fsp3) is 0.909. The molecule has 2 atom stereocenters. The number of piperidine rings is 1. The Morgan fingerprint density at radius 1 is 1.56 bits per heavy atom. The molecule has 94 valence electrons. The molecule has 0 spiro atoms. The molecule has 2 unspecified atom stereocenters. The molecule has 0 aromatic carbocycles. The van der Waals surface area contributed by atoms with Gasteiger partial charge in [0, 0.05) is 12.4 Å². The van der Waals surface area contributed by atoms with Crippen LogP contribution in [0.25, 0.3) is 0 Å². The van der Waals surface area contributed by atoms with Crippen LogP contribution in [0.4, 0.5) is 4.79 Å². The molecule has 1 heterocycles. The van der Waals surface area contributed by atoms with Crippen LogP contribution in [0, 0.1) is 0 Å². The van der Waals surface area contributed by atoms with Gasteiger partial charge in [-0.25, -0.2) is 4.79 Å². The minimum atomic E-state index is -0.543. The summed E-state index contributed by atoms with van der Waals surface area (Å²) in [6.07, 6.45) is 0.542. The summed E-state index contributed by atoms with van der Waals surface area (Å²) in [5, 5.41) is 9.75. The number of amides is 1. The van der Waals surface area contributed by atoms with Gasteiger partial charge in [0.1, 0.15) is 5.60 Å². The van der Waals surface area contributed by atoms with Crippen LogP contribution in [0.3, 0.4) is 0 Å². The summed E-state index contributed by atoms with van der Waals surface area (Å²) in [6, 6.07) is -0.328. The van der Waals surface area contributed by atoms with Crippen molar-refractivity contribution in [2.75, 3.05) is 12.4 Å². The van der Waals surface area contributed by atoms with Gasteiger partial charge in [-0.3, -0.25) is 0 Å². The van der Waals surface area contributed by atoms with Crippen LogP contribution in [-0.2, 0) is 4.74 Å². The van der Waals surface area contributed by atoms with E-state index in [1.165, 1.54) is 4.90 Å². The third-order valence-corrected chi connectivity index (χ3v) is 2.85. The van der Waals surface area contributed by atoms with Gasteiger partial charge in [-0.1, -0.05) is 0 Å². The SMILES string of the molecule is CC(C)(C)OC(=O)N1CCCC(O)C1CCl. The van der Waals surface area contributed by atoms with Crippen molar-refractivity contribution in [2.45, 2.75) is 51.4 Å². The number of aliphatic hydroxyl groups is 1. The standard InChI is InChI=1S/C11H20ClNO3/c1-11(2,3)16-10(15)13-6-4-5-9(14)8(13)7-12/h8-9,14H,4-7H2,1-3H3. The first-order valence-corrected chi connectivity index (χ1v) is 6.12. The zero-order valence-electron chi connectivity index (χ0n) is 10.1. The third-order valence-electron chi connectivity index (χ3n) is 2.53. The van der Waals surface area contributed by atoms with E-state index in [-0.39, 0.29) is 11.9 Å². The van der Waals surface area contributed by atoms with Crippen LogP contribution in [-0.4, -0.2) is 46.3 Å². The highest BCUT2D eigenvalue weighted by atomic mass is 35.5. The molecule has 0 aliphatic carbocycles. The Hall–Kier alpha value is -0.480. The third kappa shape index (κ3) is 3.52. The summed E-state index contributed by atoms with van der Waals surface area (Å²) < 4.78 is 5.27. The van der Waals surface area contributed by atoms with Crippen molar-refractivity contribution in [2.24, 2.45) is 0 Å². The molecule has 0 saturated carbocycles. The number of aliphatic hydroxyl groups excluding tert-OH is 1. The molecule has 1 amide bonds. The van der Waals surface area contributed by atoms with E-state index in [0.29, 0.717) is 13.0 Å². The quantitative estimate of drug-likeness (QED) is 0.723. The minimum absolute atomic E-state index is 0.237. The fourth-order valence-electron chi connectivity index (χ4n) is 1.77. The summed E-state index contributed by atoms with van der Waals surface area (Å²) in [7, 11) is 0. The Bertz CT molecular complexity index is 252. The maximum Gasteiger partial charge on any atom is 0.410 e. The van der Waals surface area contributed by atoms with E-state index in [1.54, 1.807) is 0 Å². The highest BCUT2D eigenvalue weighted by Gasteiger charge is 2.34. The Morgan fingerprint density at radius 3 is 2.69 bits per heavy atom. The molecule has 0 radical (unpaired) electrons. The molecule has 1 aliphatic rings. The predicted octanol–water partition coefficient (Wildman–Crippen LogP) is 1.99. The number of rotatable bonds is 1. The number of halogens is 1. The first-order valence-electron chi connectivity index (χ1n) is 5.59. The first kappa shape index (κ1) is 13.6. The van der Waals surface area contributed by atoms with Crippen LogP contribution >= 0.6 is 11.6 Å². The van der Waals surface area contributed by atoms with Gasteiger partial charge >= 0.3 is 6.09 Å². The zero-order chi connectivity index (χ0) is 12.3. The predicted molar refractivity (Wildman–Crippen MR) is 62.7 cm³/mol. The molecule has 1 fully saturated rings. The van der Waals surface area contributed by atoms with E-state index in [1.807, 2.05) is 20.8 Å². The van der Waals surface area contributed by atoms with Crippen LogP contribution < -0.4 is 0 Å². The van der Waals surface area contributed by atoms with E-state index >= 15 is 0 Å². The molecule has 0 aromatic heterocycles. The molecule has 1 N–H and O–H groups in total. The lowest BCUT2D eigenvalue weighted by molar-refractivity contribution is -0.0172. The zero-order valence-corrected chi connectivity index (χ0v) is 10.8. The van der Waals surface area contributed by atoms with Crippen LogP contribution in [0.1, 0.15) is 33.6 Å². The minimum Gasteiger partial charge on any atom is -0.444 e. The van der Waals surface area contributed by atoms with Gasteiger partial charge in [-0.15, -0.1) is 11.6 Å². The van der Waals surface area contributed by atoms with E-state index in [9.17, 15) is 9.90 Å². The molecule has 1 rings (SSSR count). The number of ether oxygens (including phenoxy) is 1. The molecule has 5 heteroatoms. The molecule has 4 nitrogen and oxygen atoms in total. The highest BCUT2D eigenvalue weighted by molar-refractivity contribution is 6.18. The van der Waals surface area contributed by atoms with Crippen molar-refractivity contribution < 1.29 is 14.6 Å². The first-order chi connectivity index (χ1) is 7.35. The lowest BCUT2D eigenvalue weighted by Crippen LogP contribution is -2.53. The molecular formula is C11H20ClNO3. The van der Waals surface area contributed by atoms with Crippen molar-refractivity contribution >= 4 is 17.7 Å². The van der Waals surface area contributed by atoms with E-state index in [4.69, 9.17) is 16.3 Å². The Morgan fingerprint density at radius 2 is 2.19 bits per heavy atom. The number of carbonyl (C=O) groups excluding carboxylic acids is 1. The second-order valence-electron chi connectivity index (χ2n) is 5.10. The molecule has 1 aliphatic heterocycles. The smallest absolute Gasteiger partial charge is 0.410 e. The van der Waals surface area contributed by atoms with E-state index in [2.05, 4.69) is 0 Å². The lowest BCUT2D eigenvalue weighted by Gasteiger charge is -2.38. The van der Waals surface area contributed by atoms with Crippen molar-refractivity contribution in [3.05, 3.63) is 0 Å². The van der Waals surface area contributed by atoms with Gasteiger partial charge < -0.3 is 14.7 Å². The topological polar surface area (TPSA) is 49.8 Å². The average molecular weight is 250 g/mol. The Kier molecular flexibility index (Phi) is 4.44. The molecule has 1 saturated heterocycles. The van der Waals surface area contributed by atoms with Crippen molar-refractivity contribution in [1.82, 2.24) is 4.90 Å². The summed E-state index contributed by atoms with van der Waals surface area (Å²) >= 11 is 5.78. The van der Waals surface area contributed by atoms with Gasteiger partial charge in [-0.2, -0.15) is 0 Å². The van der Waals surface area contributed by atoms with E-state index in [0.717, 1.165) is 6.42 Å². The number of nitrogens with zero attached hydrogens (tertiary/aromatic N) is 1. The second kappa shape index (κ2) is 5.23. The molecule has 0 bridgehead atoms. The number of carbonyl (C=O) groups is 1. The average Bonchev–Trinajstić information content (AvgIpc) is 2.14. The summed E-state index contributed by atoms with van der Waals surface area (Å²) in [4.78, 5) is 13.4. The summed E-state index contributed by atoms with van der Waals surface area (Å²) in [5.74, 6) is 0.237. The second-order valence-corrected chi connectivity index (χ2v) is 5.41. The van der Waals surface area contributed by atoms with E-state index < -0.39 is 17.8 Å². The molecular weight excluding hydrogens is 230 g/mol. The molecule has 16 heavy (non-hydrogen) atoms. The number of hydrogen-bond donors (Lipinski definition) is 1. The van der Waals surface area contributed by atoms with Crippen LogP contribution in [0.5, 0.6) is 0 Å². The fourth-order valence-corrected chi connectivity index (χ4v) is 2.14. The number of hydrogen-bond acceptors (Lipinski definition) is 3. The van der Waals surface area contributed by atoms with Crippen LogP contribution in [0.2, 0.25) is 0 Å². The van der Waals surface area contributed by atoms with Gasteiger partial charge in [0.2, 0.25) is 0 Å². The number of likely N-dealkylation sites (tertiary alicyclic amines) is 1. The van der Waals surface area contributed by atoms with Crippen LogP contribution in [0.15, 0.2) is 0 Å². The van der Waals surface area contributed by atoms with Crippen molar-refractivity contribution in [1.29, 1.82) is 0 Å². The summed E-state index contributed by atoms with van der Waals surface area (Å²) in [5.41, 5.74) is -0.518. The van der Waals surface area contributed by atoms with Gasteiger partial charge in [0.05, 0.1) is 12.1 Å². The molecule has 0 aromatic rings. The lowest BCUT2D eigenvalue weighted by atomic mass is 10.0. The monoisotopic (exact) mass is 249 g/mol. The van der Waals surface area contributed by atoms with Gasteiger partial charge in [-0.05, 0) is 33.6 Å². The number of alkyl halides is 1. The Balaban J connectivity index is 2.66. The largest absolute Gasteiger partial charge is 0.444 e.